The minimum absolute atomic E-state index is 0.0228. The van der Waals surface area contributed by atoms with E-state index in [1.807, 2.05) is 60.7 Å². The van der Waals surface area contributed by atoms with Gasteiger partial charge in [0.25, 0.3) is 0 Å². The normalized spacial score (nSPS) is 36.3. The molecule has 5 rings (SSSR count). The van der Waals surface area contributed by atoms with Gasteiger partial charge in [-0.25, -0.2) is 0 Å². The van der Waals surface area contributed by atoms with Crippen molar-refractivity contribution in [1.29, 1.82) is 0 Å². The molecule has 0 unspecified atom stereocenters. The molecule has 5 nitrogen and oxygen atoms in total. The van der Waals surface area contributed by atoms with Gasteiger partial charge in [0.05, 0.1) is 13.2 Å². The molecular formula is C20H20O5. The van der Waals surface area contributed by atoms with Crippen molar-refractivity contribution in [2.24, 2.45) is 0 Å². The molecule has 3 aliphatic rings. The van der Waals surface area contributed by atoms with Crippen LogP contribution in [0.1, 0.15) is 17.4 Å². The van der Waals surface area contributed by atoms with E-state index in [9.17, 15) is 0 Å². The molecule has 2 aromatic rings. The molecule has 0 spiro atoms. The second-order valence-electron chi connectivity index (χ2n) is 6.58. The molecule has 0 saturated carbocycles. The Hall–Kier alpha value is -1.76. The van der Waals surface area contributed by atoms with E-state index in [-0.39, 0.29) is 37.0 Å². The molecule has 25 heavy (non-hydrogen) atoms. The second-order valence-corrected chi connectivity index (χ2v) is 6.58. The van der Waals surface area contributed by atoms with Crippen LogP contribution < -0.4 is 0 Å². The zero-order valence-electron chi connectivity index (χ0n) is 13.7. The Kier molecular flexibility index (Phi) is 4.04. The number of hydrogen-bond donors (Lipinski definition) is 0. The van der Waals surface area contributed by atoms with Gasteiger partial charge in [0, 0.05) is 5.56 Å². The summed E-state index contributed by atoms with van der Waals surface area (Å²) in [5, 5.41) is 0. The SMILES string of the molecule is c1ccc(CO[C@@H]2O[C@H]3CO[C@H](c4ccccc4)O[C@H]3[C@@H]3O[C@H]23)cc1. The largest absolute Gasteiger partial charge is 0.361 e. The fourth-order valence-corrected chi connectivity index (χ4v) is 3.49. The third-order valence-corrected chi connectivity index (χ3v) is 4.85. The summed E-state index contributed by atoms with van der Waals surface area (Å²) in [4.78, 5) is 0. The van der Waals surface area contributed by atoms with Gasteiger partial charge in [-0.15, -0.1) is 0 Å². The van der Waals surface area contributed by atoms with Crippen molar-refractivity contribution in [1.82, 2.24) is 0 Å². The Balaban J connectivity index is 1.22. The quantitative estimate of drug-likeness (QED) is 0.801. The summed E-state index contributed by atoms with van der Waals surface area (Å²) in [5.41, 5.74) is 2.13. The van der Waals surface area contributed by atoms with E-state index in [2.05, 4.69) is 0 Å². The molecule has 3 aliphatic heterocycles. The molecule has 2 aromatic carbocycles. The van der Waals surface area contributed by atoms with Crippen molar-refractivity contribution >= 4 is 0 Å². The summed E-state index contributed by atoms with van der Waals surface area (Å²) in [5.74, 6) is 0. The van der Waals surface area contributed by atoms with Gasteiger partial charge in [0.15, 0.2) is 12.6 Å². The van der Waals surface area contributed by atoms with Gasteiger partial charge in [0.2, 0.25) is 0 Å². The summed E-state index contributed by atoms with van der Waals surface area (Å²) in [7, 11) is 0. The van der Waals surface area contributed by atoms with Gasteiger partial charge in [0.1, 0.15) is 24.4 Å². The van der Waals surface area contributed by atoms with Crippen LogP contribution in [0.3, 0.4) is 0 Å². The Morgan fingerprint density at radius 3 is 2.36 bits per heavy atom. The van der Waals surface area contributed by atoms with Crippen molar-refractivity contribution in [2.45, 2.75) is 43.6 Å². The fraction of sp³-hybridized carbons (Fsp3) is 0.400. The Morgan fingerprint density at radius 2 is 1.56 bits per heavy atom. The third-order valence-electron chi connectivity index (χ3n) is 4.85. The summed E-state index contributed by atoms with van der Waals surface area (Å²) >= 11 is 0. The van der Waals surface area contributed by atoms with Gasteiger partial charge in [-0.2, -0.15) is 0 Å². The smallest absolute Gasteiger partial charge is 0.187 e. The van der Waals surface area contributed by atoms with Crippen molar-refractivity contribution in [3.05, 3.63) is 71.8 Å². The number of fused-ring (bicyclic) bond motifs is 3. The molecule has 130 valence electrons. The fourth-order valence-electron chi connectivity index (χ4n) is 3.49. The summed E-state index contributed by atoms with van der Waals surface area (Å²) in [6.07, 6.45) is -1.04. The molecule has 3 heterocycles. The van der Waals surface area contributed by atoms with Crippen LogP contribution in [0.15, 0.2) is 60.7 Å². The lowest BCUT2D eigenvalue weighted by Gasteiger charge is -2.39. The lowest BCUT2D eigenvalue weighted by Crippen LogP contribution is -2.52. The topological polar surface area (TPSA) is 49.5 Å². The maximum atomic E-state index is 6.11. The minimum Gasteiger partial charge on any atom is -0.361 e. The predicted octanol–water partition coefficient (Wildman–Crippen LogP) is 2.81. The van der Waals surface area contributed by atoms with Gasteiger partial charge >= 0.3 is 0 Å². The predicted molar refractivity (Wildman–Crippen MR) is 88.6 cm³/mol. The monoisotopic (exact) mass is 340 g/mol. The van der Waals surface area contributed by atoms with Crippen LogP contribution in [0.2, 0.25) is 0 Å². The highest BCUT2D eigenvalue weighted by Gasteiger charge is 2.60. The van der Waals surface area contributed by atoms with E-state index in [1.165, 1.54) is 0 Å². The number of epoxide rings is 1. The van der Waals surface area contributed by atoms with Crippen molar-refractivity contribution in [2.75, 3.05) is 6.61 Å². The number of hydrogen-bond acceptors (Lipinski definition) is 5. The van der Waals surface area contributed by atoms with Crippen molar-refractivity contribution < 1.29 is 23.7 Å². The molecule has 0 aromatic heterocycles. The average Bonchev–Trinajstić information content (AvgIpc) is 3.49. The van der Waals surface area contributed by atoms with Crippen LogP contribution in [-0.4, -0.2) is 37.3 Å². The molecule has 0 radical (unpaired) electrons. The van der Waals surface area contributed by atoms with Crippen LogP contribution >= 0.6 is 0 Å². The molecule has 6 atom stereocenters. The maximum Gasteiger partial charge on any atom is 0.187 e. The van der Waals surface area contributed by atoms with E-state index in [0.29, 0.717) is 13.2 Å². The minimum atomic E-state index is -0.369. The van der Waals surface area contributed by atoms with Gasteiger partial charge < -0.3 is 23.7 Å². The molecular weight excluding hydrogens is 320 g/mol. The summed E-state index contributed by atoms with van der Waals surface area (Å²) in [6.45, 7) is 0.978. The first-order valence-corrected chi connectivity index (χ1v) is 8.67. The van der Waals surface area contributed by atoms with Crippen LogP contribution in [0.25, 0.3) is 0 Å². The second kappa shape index (κ2) is 6.52. The third kappa shape index (κ3) is 3.10. The molecule has 3 saturated heterocycles. The van der Waals surface area contributed by atoms with Gasteiger partial charge in [-0.3, -0.25) is 0 Å². The molecule has 0 bridgehead atoms. The average molecular weight is 340 g/mol. The molecule has 5 heteroatoms. The highest BCUT2D eigenvalue weighted by Crippen LogP contribution is 2.43. The summed E-state index contributed by atoms with van der Waals surface area (Å²) in [6, 6.07) is 20.0. The maximum absolute atomic E-state index is 6.11. The molecule has 0 N–H and O–H groups in total. The van der Waals surface area contributed by atoms with Gasteiger partial charge in [-0.1, -0.05) is 60.7 Å². The van der Waals surface area contributed by atoms with Crippen LogP contribution in [-0.2, 0) is 30.3 Å². The summed E-state index contributed by atoms with van der Waals surface area (Å²) < 4.78 is 29.7. The van der Waals surface area contributed by atoms with E-state index in [1.54, 1.807) is 0 Å². The van der Waals surface area contributed by atoms with Crippen LogP contribution in [0.4, 0.5) is 0 Å². The highest BCUT2D eigenvalue weighted by atomic mass is 16.8. The van der Waals surface area contributed by atoms with E-state index >= 15 is 0 Å². The first kappa shape index (κ1) is 15.5. The molecule has 3 fully saturated rings. The molecule has 0 aliphatic carbocycles. The lowest BCUT2D eigenvalue weighted by molar-refractivity contribution is -0.308. The highest BCUT2D eigenvalue weighted by molar-refractivity contribution is 5.17. The van der Waals surface area contributed by atoms with Crippen molar-refractivity contribution in [3.63, 3.8) is 0 Å². The van der Waals surface area contributed by atoms with Crippen LogP contribution in [0, 0.1) is 0 Å². The van der Waals surface area contributed by atoms with Crippen molar-refractivity contribution in [3.8, 4) is 0 Å². The zero-order chi connectivity index (χ0) is 16.6. The number of ether oxygens (including phenoxy) is 5. The number of rotatable bonds is 4. The first-order chi connectivity index (χ1) is 12.4. The van der Waals surface area contributed by atoms with Gasteiger partial charge in [-0.05, 0) is 5.56 Å². The Bertz CT molecular complexity index is 707. The number of benzene rings is 2. The Labute approximate surface area is 146 Å². The standard InChI is InChI=1S/C20H20O5/c1-3-7-13(8-4-1)11-21-20-18-17(24-18)16-15(23-20)12-22-19(25-16)14-9-5-2-6-10-14/h1-10,15-20H,11-12H2/t15-,16+,17-,18-,19-,20+/m0/s1. The molecule has 0 amide bonds. The van der Waals surface area contributed by atoms with Crippen LogP contribution in [0.5, 0.6) is 0 Å². The van der Waals surface area contributed by atoms with E-state index in [4.69, 9.17) is 23.7 Å². The zero-order valence-corrected chi connectivity index (χ0v) is 13.7. The lowest BCUT2D eigenvalue weighted by atomic mass is 10.0. The Morgan fingerprint density at radius 1 is 0.800 bits per heavy atom. The first-order valence-electron chi connectivity index (χ1n) is 8.67. The van der Waals surface area contributed by atoms with E-state index in [0.717, 1.165) is 11.1 Å². The van der Waals surface area contributed by atoms with E-state index < -0.39 is 0 Å².